The van der Waals surface area contributed by atoms with Crippen molar-refractivity contribution in [3.63, 3.8) is 0 Å². The van der Waals surface area contributed by atoms with Crippen LogP contribution in [0.25, 0.3) is 22.4 Å². The fourth-order valence-corrected chi connectivity index (χ4v) is 3.94. The second-order valence-corrected chi connectivity index (χ2v) is 7.25. The molecule has 0 amide bonds. The molecule has 0 bridgehead atoms. The molecule has 1 N–H and O–H groups in total. The number of aromatic nitrogens is 3. The number of aryl methyl sites for hydroxylation is 1. The number of rotatable bonds is 3. The summed E-state index contributed by atoms with van der Waals surface area (Å²) in [6.45, 7) is 2.10. The monoisotopic (exact) mass is 387 g/mol. The number of hydrogen-bond donors (Lipinski definition) is 1. The molecule has 1 aliphatic rings. The topological polar surface area (TPSA) is 81.7 Å². The molecule has 2 aromatic carbocycles. The third-order valence-corrected chi connectivity index (χ3v) is 5.35. The summed E-state index contributed by atoms with van der Waals surface area (Å²) in [6, 6.07) is 14.4. The molecule has 6 nitrogen and oxygen atoms in total. The Kier molecular flexibility index (Phi) is 4.34. The maximum Gasteiger partial charge on any atom is 0.247 e. The predicted molar refractivity (Wildman–Crippen MR) is 105 cm³/mol. The van der Waals surface area contributed by atoms with Gasteiger partial charge < -0.3 is 9.40 Å². The van der Waals surface area contributed by atoms with Gasteiger partial charge in [0.15, 0.2) is 0 Å². The van der Waals surface area contributed by atoms with Crippen molar-refractivity contribution in [2.24, 2.45) is 0 Å². The molecule has 5 rings (SSSR count). The first-order chi connectivity index (χ1) is 14.2. The number of aromatic amines is 1. The van der Waals surface area contributed by atoms with Crippen molar-refractivity contribution in [1.82, 2.24) is 20.1 Å². The van der Waals surface area contributed by atoms with Crippen molar-refractivity contribution >= 4 is 10.9 Å². The number of nitrogens with one attached hydrogen (secondary N) is 1. The molecule has 0 aliphatic carbocycles. The first-order valence-electron chi connectivity index (χ1n) is 9.54. The maximum absolute atomic E-state index is 14.1. The Balaban J connectivity index is 1.36. The number of halogens is 1. The molecule has 0 saturated heterocycles. The van der Waals surface area contributed by atoms with Gasteiger partial charge in [0.2, 0.25) is 11.8 Å². The largest absolute Gasteiger partial charge is 0.419 e. The number of para-hydroxylation sites is 1. The van der Waals surface area contributed by atoms with Crippen molar-refractivity contribution in [2.75, 3.05) is 6.54 Å². The van der Waals surface area contributed by atoms with E-state index in [0.29, 0.717) is 36.0 Å². The first-order valence-corrected chi connectivity index (χ1v) is 9.54. The first kappa shape index (κ1) is 17.6. The van der Waals surface area contributed by atoms with Gasteiger partial charge in [-0.3, -0.25) is 4.90 Å². The summed E-state index contributed by atoms with van der Waals surface area (Å²) in [6.07, 6.45) is 1.89. The molecule has 3 heterocycles. The van der Waals surface area contributed by atoms with Crippen molar-refractivity contribution in [3.8, 4) is 17.5 Å². The van der Waals surface area contributed by atoms with E-state index in [0.717, 1.165) is 36.0 Å². The lowest BCUT2D eigenvalue weighted by molar-refractivity contribution is 0.233. The minimum absolute atomic E-state index is 0.217. The summed E-state index contributed by atoms with van der Waals surface area (Å²) >= 11 is 0. The molecule has 0 unspecified atom stereocenters. The van der Waals surface area contributed by atoms with Crippen LogP contribution in [-0.2, 0) is 19.5 Å². The molecule has 1 aliphatic heterocycles. The van der Waals surface area contributed by atoms with Crippen LogP contribution in [-0.4, -0.2) is 26.6 Å². The summed E-state index contributed by atoms with van der Waals surface area (Å²) < 4.78 is 20.0. The van der Waals surface area contributed by atoms with E-state index in [1.165, 1.54) is 11.6 Å². The van der Waals surface area contributed by atoms with Crippen molar-refractivity contribution < 1.29 is 8.81 Å². The zero-order chi connectivity index (χ0) is 19.8. The molecular weight excluding hydrogens is 369 g/mol. The lowest BCUT2D eigenvalue weighted by atomic mass is 10.1. The Morgan fingerprint density at radius 2 is 2.03 bits per heavy atom. The van der Waals surface area contributed by atoms with Gasteiger partial charge in [0.1, 0.15) is 5.82 Å². The fraction of sp³-hybridized carbons (Fsp3) is 0.227. The SMILES string of the molecule is N#Cc1ccc(-c2nnc(CN3CCCc4c([nH]c5c(F)cccc45)C3)o2)cc1. The summed E-state index contributed by atoms with van der Waals surface area (Å²) in [7, 11) is 0. The number of nitrogens with zero attached hydrogens (tertiary/aromatic N) is 4. The van der Waals surface area contributed by atoms with Crippen LogP contribution in [0.1, 0.15) is 29.1 Å². The van der Waals surface area contributed by atoms with Crippen LogP contribution in [0.4, 0.5) is 4.39 Å². The Hall–Kier alpha value is -3.50. The summed E-state index contributed by atoms with van der Waals surface area (Å²) in [5.41, 5.74) is 4.20. The van der Waals surface area contributed by atoms with Gasteiger partial charge in [-0.15, -0.1) is 10.2 Å². The van der Waals surface area contributed by atoms with Crippen LogP contribution >= 0.6 is 0 Å². The molecule has 2 aromatic heterocycles. The molecule has 0 atom stereocenters. The molecule has 0 radical (unpaired) electrons. The van der Waals surface area contributed by atoms with Crippen LogP contribution in [0, 0.1) is 17.1 Å². The van der Waals surface area contributed by atoms with Crippen LogP contribution in [0.2, 0.25) is 0 Å². The van der Waals surface area contributed by atoms with Gasteiger partial charge in [0.05, 0.1) is 23.7 Å². The summed E-state index contributed by atoms with van der Waals surface area (Å²) in [5, 5.41) is 18.2. The summed E-state index contributed by atoms with van der Waals surface area (Å²) in [4.78, 5) is 5.50. The van der Waals surface area contributed by atoms with Gasteiger partial charge in [-0.05, 0) is 55.3 Å². The molecule has 7 heteroatoms. The van der Waals surface area contributed by atoms with Crippen LogP contribution < -0.4 is 0 Å². The van der Waals surface area contributed by atoms with E-state index in [9.17, 15) is 4.39 Å². The number of H-pyrrole nitrogens is 1. The van der Waals surface area contributed by atoms with Gasteiger partial charge >= 0.3 is 0 Å². The predicted octanol–water partition coefficient (Wildman–Crippen LogP) is 4.18. The van der Waals surface area contributed by atoms with E-state index in [1.807, 2.05) is 6.07 Å². The average molecular weight is 387 g/mol. The number of fused-ring (bicyclic) bond motifs is 3. The Morgan fingerprint density at radius 1 is 1.17 bits per heavy atom. The summed E-state index contributed by atoms with van der Waals surface area (Å²) in [5.74, 6) is 0.758. The standard InChI is InChI=1S/C22H18FN5O/c23-18-5-1-3-17-16-4-2-10-28(12-19(16)25-21(17)18)13-20-26-27-22(29-20)15-8-6-14(11-24)7-9-15/h1,3,5-9,25H,2,4,10,12-13H2. The molecule has 0 spiro atoms. The van der Waals surface area contributed by atoms with Crippen LogP contribution in [0.5, 0.6) is 0 Å². The van der Waals surface area contributed by atoms with Crippen molar-refractivity contribution in [1.29, 1.82) is 5.26 Å². The second kappa shape index (κ2) is 7.15. The Labute approximate surface area is 166 Å². The van der Waals surface area contributed by atoms with E-state index in [-0.39, 0.29) is 5.82 Å². The minimum atomic E-state index is -0.217. The lowest BCUT2D eigenvalue weighted by Crippen LogP contribution is -2.23. The molecule has 0 fully saturated rings. The zero-order valence-electron chi connectivity index (χ0n) is 15.7. The van der Waals surface area contributed by atoms with Gasteiger partial charge in [-0.25, -0.2) is 4.39 Å². The van der Waals surface area contributed by atoms with E-state index in [4.69, 9.17) is 9.68 Å². The van der Waals surface area contributed by atoms with Gasteiger partial charge in [-0.1, -0.05) is 12.1 Å². The molecule has 144 valence electrons. The van der Waals surface area contributed by atoms with Gasteiger partial charge in [-0.2, -0.15) is 5.26 Å². The van der Waals surface area contributed by atoms with Crippen molar-refractivity contribution in [3.05, 3.63) is 71.0 Å². The number of benzene rings is 2. The highest BCUT2D eigenvalue weighted by Crippen LogP contribution is 2.29. The van der Waals surface area contributed by atoms with Crippen molar-refractivity contribution in [2.45, 2.75) is 25.9 Å². The van der Waals surface area contributed by atoms with Gasteiger partial charge in [0.25, 0.3) is 0 Å². The Bertz CT molecular complexity index is 1220. The third-order valence-electron chi connectivity index (χ3n) is 5.35. The zero-order valence-corrected chi connectivity index (χ0v) is 15.7. The van der Waals surface area contributed by atoms with E-state index >= 15 is 0 Å². The highest BCUT2D eigenvalue weighted by molar-refractivity contribution is 5.85. The normalized spacial score (nSPS) is 14.5. The smallest absolute Gasteiger partial charge is 0.247 e. The highest BCUT2D eigenvalue weighted by Gasteiger charge is 2.21. The van der Waals surface area contributed by atoms with E-state index in [2.05, 4.69) is 26.2 Å². The number of nitriles is 1. The third kappa shape index (κ3) is 3.28. The maximum atomic E-state index is 14.1. The molecule has 4 aromatic rings. The second-order valence-electron chi connectivity index (χ2n) is 7.25. The molecule has 29 heavy (non-hydrogen) atoms. The van der Waals surface area contributed by atoms with Crippen LogP contribution in [0.15, 0.2) is 46.9 Å². The highest BCUT2D eigenvalue weighted by atomic mass is 19.1. The van der Waals surface area contributed by atoms with E-state index < -0.39 is 0 Å². The fourth-order valence-electron chi connectivity index (χ4n) is 3.94. The lowest BCUT2D eigenvalue weighted by Gasteiger charge is -2.17. The minimum Gasteiger partial charge on any atom is -0.419 e. The van der Waals surface area contributed by atoms with Gasteiger partial charge in [0, 0.05) is 23.2 Å². The molecule has 0 saturated carbocycles. The van der Waals surface area contributed by atoms with Crippen LogP contribution in [0.3, 0.4) is 0 Å². The average Bonchev–Trinajstić information content (AvgIpc) is 3.28. The Morgan fingerprint density at radius 3 is 2.86 bits per heavy atom. The number of hydrogen-bond acceptors (Lipinski definition) is 5. The van der Waals surface area contributed by atoms with E-state index in [1.54, 1.807) is 30.3 Å². The molecular formula is C22H18FN5O. The quantitative estimate of drug-likeness (QED) is 0.570.